The van der Waals surface area contributed by atoms with E-state index in [9.17, 15) is 4.79 Å². The van der Waals surface area contributed by atoms with Crippen molar-refractivity contribution in [1.29, 1.82) is 0 Å². The van der Waals surface area contributed by atoms with Gasteiger partial charge in [0, 0.05) is 31.2 Å². The highest BCUT2D eigenvalue weighted by Crippen LogP contribution is 2.23. The van der Waals surface area contributed by atoms with E-state index in [0.29, 0.717) is 23.1 Å². The third-order valence-electron chi connectivity index (χ3n) is 3.24. The summed E-state index contributed by atoms with van der Waals surface area (Å²) in [7, 11) is 0. The average molecular weight is 270 g/mol. The molecule has 4 nitrogen and oxygen atoms in total. The van der Waals surface area contributed by atoms with E-state index >= 15 is 0 Å². The summed E-state index contributed by atoms with van der Waals surface area (Å²) in [5.74, 6) is 1.12. The van der Waals surface area contributed by atoms with Gasteiger partial charge in [0.05, 0.1) is 5.56 Å². The van der Waals surface area contributed by atoms with Gasteiger partial charge in [-0.1, -0.05) is 13.8 Å². The van der Waals surface area contributed by atoms with Crippen LogP contribution in [0.2, 0.25) is 0 Å². The number of amides is 1. The number of halogens is 1. The molecule has 1 aliphatic rings. The minimum Gasteiger partial charge on any atom is -0.398 e. The second-order valence-electron chi connectivity index (χ2n) is 5.12. The number of nitrogens with zero attached hydrogens (tertiary/aromatic N) is 2. The van der Waals surface area contributed by atoms with E-state index in [1.807, 2.05) is 4.90 Å². The van der Waals surface area contributed by atoms with Crippen molar-refractivity contribution in [2.24, 2.45) is 11.8 Å². The van der Waals surface area contributed by atoms with Crippen molar-refractivity contribution in [2.75, 3.05) is 18.8 Å². The summed E-state index contributed by atoms with van der Waals surface area (Å²) in [5, 5.41) is 0. The zero-order valence-electron chi connectivity index (χ0n) is 10.8. The third-order valence-corrected chi connectivity index (χ3v) is 3.24. The first-order valence-electron chi connectivity index (χ1n) is 6.06. The maximum Gasteiger partial charge on any atom is 0.257 e. The van der Waals surface area contributed by atoms with E-state index in [1.54, 1.807) is 18.5 Å². The van der Waals surface area contributed by atoms with Gasteiger partial charge in [0.25, 0.3) is 5.91 Å². The molecule has 1 aromatic heterocycles. The predicted molar refractivity (Wildman–Crippen MR) is 74.7 cm³/mol. The lowest BCUT2D eigenvalue weighted by molar-refractivity contribution is 0.0624. The molecule has 2 heterocycles. The van der Waals surface area contributed by atoms with E-state index in [0.717, 1.165) is 13.1 Å². The molecule has 2 rings (SSSR count). The molecule has 1 aliphatic heterocycles. The van der Waals surface area contributed by atoms with Crippen molar-refractivity contribution in [2.45, 2.75) is 20.3 Å². The normalized spacial score (nSPS) is 23.3. The molecule has 1 saturated heterocycles. The number of carbonyl (C=O) groups is 1. The van der Waals surface area contributed by atoms with Crippen LogP contribution in [0.1, 0.15) is 30.6 Å². The van der Waals surface area contributed by atoms with E-state index < -0.39 is 0 Å². The van der Waals surface area contributed by atoms with Gasteiger partial charge in [-0.15, -0.1) is 12.4 Å². The molecule has 0 radical (unpaired) electrons. The molecule has 2 unspecified atom stereocenters. The predicted octanol–water partition coefficient (Wildman–Crippen LogP) is 2.20. The lowest BCUT2D eigenvalue weighted by Gasteiger charge is -2.35. The van der Waals surface area contributed by atoms with Crippen LogP contribution in [-0.4, -0.2) is 28.9 Å². The maximum absolute atomic E-state index is 12.3. The van der Waals surface area contributed by atoms with Gasteiger partial charge in [-0.05, 0) is 24.3 Å². The van der Waals surface area contributed by atoms with Gasteiger partial charge in [-0.3, -0.25) is 9.78 Å². The summed E-state index contributed by atoms with van der Waals surface area (Å²) in [5.41, 5.74) is 6.84. The van der Waals surface area contributed by atoms with Crippen LogP contribution in [0.15, 0.2) is 18.5 Å². The van der Waals surface area contributed by atoms with Crippen molar-refractivity contribution >= 4 is 24.0 Å². The van der Waals surface area contributed by atoms with Crippen LogP contribution < -0.4 is 5.73 Å². The fourth-order valence-electron chi connectivity index (χ4n) is 2.58. The number of nitrogens with two attached hydrogens (primary N) is 1. The second kappa shape index (κ2) is 6.05. The number of hydrogen-bond donors (Lipinski definition) is 1. The molecule has 2 N–H and O–H groups in total. The minimum atomic E-state index is 0. The summed E-state index contributed by atoms with van der Waals surface area (Å²) in [6, 6.07) is 1.67. The zero-order chi connectivity index (χ0) is 12.4. The Labute approximate surface area is 114 Å². The molecular formula is C13H20ClN3O. The van der Waals surface area contributed by atoms with Crippen molar-refractivity contribution in [1.82, 2.24) is 9.88 Å². The van der Waals surface area contributed by atoms with Crippen LogP contribution in [0.25, 0.3) is 0 Å². The van der Waals surface area contributed by atoms with E-state index in [-0.39, 0.29) is 18.3 Å². The molecule has 1 fully saturated rings. The van der Waals surface area contributed by atoms with Crippen molar-refractivity contribution < 1.29 is 4.79 Å². The molecule has 2 atom stereocenters. The second-order valence-corrected chi connectivity index (χ2v) is 5.12. The summed E-state index contributed by atoms with van der Waals surface area (Å²) in [6.45, 7) is 6.00. The average Bonchev–Trinajstić information content (AvgIpc) is 2.27. The molecule has 0 bridgehead atoms. The summed E-state index contributed by atoms with van der Waals surface area (Å²) >= 11 is 0. The lowest BCUT2D eigenvalue weighted by Crippen LogP contribution is -2.42. The largest absolute Gasteiger partial charge is 0.398 e. The van der Waals surface area contributed by atoms with Gasteiger partial charge < -0.3 is 10.6 Å². The molecule has 0 spiro atoms. The molecule has 1 amide bonds. The standard InChI is InChI=1S/C13H19N3O.ClH/c1-9-5-10(2)8-16(7-9)13(17)11-6-15-4-3-12(11)14;/h3-4,6,9-10H,5,7-8H2,1-2H3,(H2,14,15);1H. The minimum absolute atomic E-state index is 0. The van der Waals surface area contributed by atoms with Gasteiger partial charge in [-0.2, -0.15) is 0 Å². The van der Waals surface area contributed by atoms with Crippen molar-refractivity contribution in [3.8, 4) is 0 Å². The molecule has 100 valence electrons. The summed E-state index contributed by atoms with van der Waals surface area (Å²) in [6.07, 6.45) is 4.35. The quantitative estimate of drug-likeness (QED) is 0.850. The smallest absolute Gasteiger partial charge is 0.257 e. The Morgan fingerprint density at radius 1 is 1.39 bits per heavy atom. The molecule has 1 aromatic rings. The van der Waals surface area contributed by atoms with Gasteiger partial charge in [0.2, 0.25) is 0 Å². The van der Waals surface area contributed by atoms with E-state index in [2.05, 4.69) is 18.8 Å². The summed E-state index contributed by atoms with van der Waals surface area (Å²) < 4.78 is 0. The van der Waals surface area contributed by atoms with Crippen LogP contribution in [0, 0.1) is 11.8 Å². The fourth-order valence-corrected chi connectivity index (χ4v) is 2.58. The van der Waals surface area contributed by atoms with Crippen LogP contribution >= 0.6 is 12.4 Å². The number of aromatic nitrogens is 1. The zero-order valence-corrected chi connectivity index (χ0v) is 11.6. The van der Waals surface area contributed by atoms with Gasteiger partial charge in [-0.25, -0.2) is 0 Å². The number of piperidine rings is 1. The van der Waals surface area contributed by atoms with Gasteiger partial charge >= 0.3 is 0 Å². The Hall–Kier alpha value is -1.29. The molecular weight excluding hydrogens is 250 g/mol. The Morgan fingerprint density at radius 3 is 2.56 bits per heavy atom. The Morgan fingerprint density at radius 2 is 2.00 bits per heavy atom. The highest BCUT2D eigenvalue weighted by atomic mass is 35.5. The van der Waals surface area contributed by atoms with Crippen LogP contribution in [0.5, 0.6) is 0 Å². The van der Waals surface area contributed by atoms with Crippen molar-refractivity contribution in [3.63, 3.8) is 0 Å². The molecule has 0 saturated carbocycles. The first-order chi connectivity index (χ1) is 8.08. The number of pyridine rings is 1. The van der Waals surface area contributed by atoms with Crippen LogP contribution in [-0.2, 0) is 0 Å². The number of anilines is 1. The first kappa shape index (κ1) is 14.8. The van der Waals surface area contributed by atoms with Gasteiger partial charge in [0.1, 0.15) is 0 Å². The third kappa shape index (κ3) is 3.13. The lowest BCUT2D eigenvalue weighted by atomic mass is 9.91. The Kier molecular flexibility index (Phi) is 4.96. The number of nitrogen functional groups attached to an aromatic ring is 1. The Bertz CT molecular complexity index is 414. The number of likely N-dealkylation sites (tertiary alicyclic amines) is 1. The number of carbonyl (C=O) groups excluding carboxylic acids is 1. The molecule has 0 aliphatic carbocycles. The SMILES string of the molecule is CC1CC(C)CN(C(=O)c2cnccc2N)C1.Cl. The van der Waals surface area contributed by atoms with Crippen molar-refractivity contribution in [3.05, 3.63) is 24.0 Å². The first-order valence-corrected chi connectivity index (χ1v) is 6.06. The monoisotopic (exact) mass is 269 g/mol. The topological polar surface area (TPSA) is 59.2 Å². The molecule has 5 heteroatoms. The highest BCUT2D eigenvalue weighted by Gasteiger charge is 2.26. The molecule has 18 heavy (non-hydrogen) atoms. The highest BCUT2D eigenvalue weighted by molar-refractivity contribution is 5.98. The Balaban J connectivity index is 0.00000162. The van der Waals surface area contributed by atoms with Gasteiger partial charge in [0.15, 0.2) is 0 Å². The van der Waals surface area contributed by atoms with E-state index in [4.69, 9.17) is 5.73 Å². The molecule has 0 aromatic carbocycles. The summed E-state index contributed by atoms with van der Waals surface area (Å²) in [4.78, 5) is 18.2. The van der Waals surface area contributed by atoms with Crippen LogP contribution in [0.3, 0.4) is 0 Å². The number of rotatable bonds is 1. The maximum atomic E-state index is 12.3. The van der Waals surface area contributed by atoms with Crippen LogP contribution in [0.4, 0.5) is 5.69 Å². The number of hydrogen-bond acceptors (Lipinski definition) is 3. The fraction of sp³-hybridized carbons (Fsp3) is 0.538. The van der Waals surface area contributed by atoms with E-state index in [1.165, 1.54) is 6.42 Å².